The number of amides is 1. The van der Waals surface area contributed by atoms with Crippen molar-refractivity contribution in [3.8, 4) is 5.75 Å². The summed E-state index contributed by atoms with van der Waals surface area (Å²) in [6.45, 7) is 1.49. The molecule has 7 heteroatoms. The van der Waals surface area contributed by atoms with E-state index in [0.717, 1.165) is 0 Å². The van der Waals surface area contributed by atoms with E-state index in [9.17, 15) is 13.2 Å². The van der Waals surface area contributed by atoms with Gasteiger partial charge in [0.25, 0.3) is 0 Å². The van der Waals surface area contributed by atoms with Crippen LogP contribution in [0, 0.1) is 0 Å². The summed E-state index contributed by atoms with van der Waals surface area (Å²) in [5.41, 5.74) is 0.605. The Morgan fingerprint density at radius 1 is 1.04 bits per heavy atom. The number of rotatable bonds is 6. The number of hydrogen-bond acceptors (Lipinski definition) is 4. The van der Waals surface area contributed by atoms with Gasteiger partial charge in [-0.05, 0) is 43.3 Å². The average Bonchev–Trinajstić information content (AvgIpc) is 2.55. The number of benzene rings is 2. The molecule has 0 aromatic heterocycles. The summed E-state index contributed by atoms with van der Waals surface area (Å²) in [5, 5.41) is 2.65. The Balaban J connectivity index is 2.05. The van der Waals surface area contributed by atoms with E-state index in [4.69, 9.17) is 4.74 Å². The van der Waals surface area contributed by atoms with Crippen LogP contribution in [0.4, 0.5) is 5.69 Å². The van der Waals surface area contributed by atoms with Crippen molar-refractivity contribution in [1.82, 2.24) is 4.72 Å². The number of carbonyl (C=O) groups is 1. The van der Waals surface area contributed by atoms with Crippen molar-refractivity contribution >= 4 is 21.6 Å². The van der Waals surface area contributed by atoms with Crippen LogP contribution in [0.1, 0.15) is 6.92 Å². The Labute approximate surface area is 135 Å². The number of para-hydroxylation sites is 1. The number of anilines is 1. The van der Waals surface area contributed by atoms with Crippen molar-refractivity contribution in [1.29, 1.82) is 0 Å². The topological polar surface area (TPSA) is 84.5 Å². The molecule has 1 atom stereocenters. The SMILES string of the molecule is COc1ccc(S(=O)(=O)N[C@@H](C)C(=O)Nc2ccccc2)cc1. The van der Waals surface area contributed by atoms with Crippen molar-refractivity contribution in [2.45, 2.75) is 17.9 Å². The number of nitrogens with one attached hydrogen (secondary N) is 2. The molecule has 122 valence electrons. The van der Waals surface area contributed by atoms with E-state index in [1.807, 2.05) is 6.07 Å². The number of ether oxygens (including phenoxy) is 1. The summed E-state index contributed by atoms with van der Waals surface area (Å²) in [4.78, 5) is 12.1. The Morgan fingerprint density at radius 2 is 1.65 bits per heavy atom. The molecule has 0 spiro atoms. The number of carbonyl (C=O) groups excluding carboxylic acids is 1. The third kappa shape index (κ3) is 4.54. The summed E-state index contributed by atoms with van der Waals surface area (Å²) in [7, 11) is -2.29. The first-order valence-electron chi connectivity index (χ1n) is 6.94. The van der Waals surface area contributed by atoms with Gasteiger partial charge >= 0.3 is 0 Å². The van der Waals surface area contributed by atoms with Gasteiger partial charge in [-0.25, -0.2) is 8.42 Å². The van der Waals surface area contributed by atoms with Crippen molar-refractivity contribution in [3.05, 3.63) is 54.6 Å². The maximum Gasteiger partial charge on any atom is 0.242 e. The highest BCUT2D eigenvalue weighted by molar-refractivity contribution is 7.89. The molecule has 23 heavy (non-hydrogen) atoms. The molecular formula is C16H18N2O4S. The van der Waals surface area contributed by atoms with Gasteiger partial charge in [-0.2, -0.15) is 4.72 Å². The lowest BCUT2D eigenvalue weighted by atomic mass is 10.3. The molecule has 0 saturated heterocycles. The first-order valence-corrected chi connectivity index (χ1v) is 8.43. The van der Waals surface area contributed by atoms with Crippen LogP contribution in [0.5, 0.6) is 5.75 Å². The van der Waals surface area contributed by atoms with E-state index in [0.29, 0.717) is 11.4 Å². The number of methoxy groups -OCH3 is 1. The van der Waals surface area contributed by atoms with Gasteiger partial charge in [0, 0.05) is 5.69 Å². The second kappa shape index (κ2) is 7.26. The predicted molar refractivity (Wildman–Crippen MR) is 87.8 cm³/mol. The molecule has 0 bridgehead atoms. The molecule has 0 fully saturated rings. The quantitative estimate of drug-likeness (QED) is 0.846. The van der Waals surface area contributed by atoms with E-state index in [1.165, 1.54) is 26.2 Å². The predicted octanol–water partition coefficient (Wildman–Crippen LogP) is 2.00. The zero-order valence-electron chi connectivity index (χ0n) is 12.8. The third-order valence-corrected chi connectivity index (χ3v) is 4.69. The molecule has 1 amide bonds. The summed E-state index contributed by atoms with van der Waals surface area (Å²) >= 11 is 0. The maximum atomic E-state index is 12.3. The molecule has 0 heterocycles. The molecule has 2 N–H and O–H groups in total. The van der Waals surface area contributed by atoms with Crippen LogP contribution in [-0.4, -0.2) is 27.5 Å². The van der Waals surface area contributed by atoms with Crippen LogP contribution in [0.25, 0.3) is 0 Å². The van der Waals surface area contributed by atoms with E-state index < -0.39 is 22.0 Å². The van der Waals surface area contributed by atoms with Crippen molar-refractivity contribution < 1.29 is 17.9 Å². The van der Waals surface area contributed by atoms with Gasteiger partial charge < -0.3 is 10.1 Å². The molecule has 0 aliphatic carbocycles. The number of sulfonamides is 1. The maximum absolute atomic E-state index is 12.3. The Hall–Kier alpha value is -2.38. The molecule has 0 aliphatic rings. The minimum absolute atomic E-state index is 0.0673. The van der Waals surface area contributed by atoms with Gasteiger partial charge in [0.2, 0.25) is 15.9 Å². The molecule has 2 aromatic carbocycles. The standard InChI is InChI=1S/C16H18N2O4S/c1-12(16(19)17-13-6-4-3-5-7-13)18-23(20,21)15-10-8-14(22-2)9-11-15/h3-12,18H,1-2H3,(H,17,19)/t12-/m0/s1. The van der Waals surface area contributed by atoms with Crippen LogP contribution in [0.2, 0.25) is 0 Å². The van der Waals surface area contributed by atoms with Gasteiger partial charge in [0.05, 0.1) is 18.0 Å². The van der Waals surface area contributed by atoms with E-state index in [1.54, 1.807) is 36.4 Å². The highest BCUT2D eigenvalue weighted by atomic mass is 32.2. The fraction of sp³-hybridized carbons (Fsp3) is 0.188. The molecule has 2 aromatic rings. The average molecular weight is 334 g/mol. The summed E-state index contributed by atoms with van der Waals surface area (Å²) in [6, 6.07) is 13.8. The van der Waals surface area contributed by atoms with Crippen LogP contribution in [0.3, 0.4) is 0 Å². The van der Waals surface area contributed by atoms with Gasteiger partial charge in [-0.3, -0.25) is 4.79 Å². The highest BCUT2D eigenvalue weighted by Crippen LogP contribution is 2.16. The molecule has 0 saturated carbocycles. The molecule has 2 rings (SSSR count). The highest BCUT2D eigenvalue weighted by Gasteiger charge is 2.22. The van der Waals surface area contributed by atoms with Crippen molar-refractivity contribution in [2.75, 3.05) is 12.4 Å². The second-order valence-electron chi connectivity index (χ2n) is 4.87. The monoisotopic (exact) mass is 334 g/mol. The lowest BCUT2D eigenvalue weighted by Gasteiger charge is -2.14. The first-order chi connectivity index (χ1) is 10.9. The molecular weight excluding hydrogens is 316 g/mol. The third-order valence-electron chi connectivity index (χ3n) is 3.14. The lowest BCUT2D eigenvalue weighted by Crippen LogP contribution is -2.41. The fourth-order valence-corrected chi connectivity index (χ4v) is 3.08. The zero-order chi connectivity index (χ0) is 16.9. The van der Waals surface area contributed by atoms with Gasteiger partial charge in [-0.15, -0.1) is 0 Å². The van der Waals surface area contributed by atoms with E-state index in [-0.39, 0.29) is 4.90 Å². The van der Waals surface area contributed by atoms with Crippen LogP contribution < -0.4 is 14.8 Å². The van der Waals surface area contributed by atoms with Gasteiger partial charge in [-0.1, -0.05) is 18.2 Å². The van der Waals surface area contributed by atoms with Crippen LogP contribution in [-0.2, 0) is 14.8 Å². The minimum atomic E-state index is -3.79. The molecule has 0 aliphatic heterocycles. The van der Waals surface area contributed by atoms with Crippen LogP contribution >= 0.6 is 0 Å². The summed E-state index contributed by atoms with van der Waals surface area (Å²) in [6.07, 6.45) is 0. The summed E-state index contributed by atoms with van der Waals surface area (Å²) in [5.74, 6) is 0.118. The van der Waals surface area contributed by atoms with Crippen LogP contribution in [0.15, 0.2) is 59.5 Å². The Kier molecular flexibility index (Phi) is 5.36. The molecule has 6 nitrogen and oxygen atoms in total. The minimum Gasteiger partial charge on any atom is -0.497 e. The second-order valence-corrected chi connectivity index (χ2v) is 6.59. The lowest BCUT2D eigenvalue weighted by molar-refractivity contribution is -0.117. The fourth-order valence-electron chi connectivity index (χ4n) is 1.88. The smallest absolute Gasteiger partial charge is 0.242 e. The summed E-state index contributed by atoms with van der Waals surface area (Å²) < 4.78 is 31.9. The van der Waals surface area contributed by atoms with Gasteiger partial charge in [0.1, 0.15) is 5.75 Å². The normalized spacial score (nSPS) is 12.4. The first kappa shape index (κ1) is 17.0. The number of hydrogen-bond donors (Lipinski definition) is 2. The van der Waals surface area contributed by atoms with Crippen molar-refractivity contribution in [3.63, 3.8) is 0 Å². The molecule has 0 radical (unpaired) electrons. The Bertz CT molecular complexity index is 758. The van der Waals surface area contributed by atoms with Gasteiger partial charge in [0.15, 0.2) is 0 Å². The molecule has 0 unspecified atom stereocenters. The van der Waals surface area contributed by atoms with E-state index in [2.05, 4.69) is 10.0 Å². The van der Waals surface area contributed by atoms with Crippen molar-refractivity contribution in [2.24, 2.45) is 0 Å². The zero-order valence-corrected chi connectivity index (χ0v) is 13.6. The Morgan fingerprint density at radius 3 is 2.22 bits per heavy atom. The largest absolute Gasteiger partial charge is 0.497 e. The van der Waals surface area contributed by atoms with E-state index >= 15 is 0 Å².